The van der Waals surface area contributed by atoms with E-state index in [-0.39, 0.29) is 0 Å². The van der Waals surface area contributed by atoms with Crippen molar-refractivity contribution >= 4 is 11.9 Å². The zero-order chi connectivity index (χ0) is 13.1. The third kappa shape index (κ3) is 2.20. The van der Waals surface area contributed by atoms with Gasteiger partial charge in [0.25, 0.3) is 0 Å². The summed E-state index contributed by atoms with van der Waals surface area (Å²) >= 11 is 0. The molecule has 16 nitrogen and oxygen atoms in total. The van der Waals surface area contributed by atoms with Gasteiger partial charge in [-0.2, -0.15) is 0 Å². The Kier molecular flexibility index (Phi) is 2.57. The second kappa shape index (κ2) is 4.19. The Labute approximate surface area is 94.1 Å². The first-order chi connectivity index (χ1) is 8.56. The Bertz CT molecular complexity index is 567. The second-order valence-electron chi connectivity index (χ2n) is 2.41. The molecule has 0 saturated carbocycles. The molecule has 2 rings (SSSR count). The van der Waals surface area contributed by atoms with Crippen LogP contribution in [0.1, 0.15) is 0 Å². The predicted molar refractivity (Wildman–Crippen MR) is 44.6 cm³/mol. The maximum Gasteiger partial charge on any atom is 0.516 e. The van der Waals surface area contributed by atoms with Crippen LogP contribution in [0.3, 0.4) is 0 Å². The number of tetrazole rings is 2. The van der Waals surface area contributed by atoms with Gasteiger partial charge in [0.15, 0.2) is 0 Å². The van der Waals surface area contributed by atoms with E-state index in [1.807, 2.05) is 0 Å². The SMILES string of the molecule is O=[N+]([O-])c1nnn(N=Nn2nnc([N+](=O)[O-])n2)n1. The van der Waals surface area contributed by atoms with Crippen molar-refractivity contribution in [1.29, 1.82) is 0 Å². The fourth-order valence-electron chi connectivity index (χ4n) is 0.693. The second-order valence-corrected chi connectivity index (χ2v) is 2.41. The van der Waals surface area contributed by atoms with Gasteiger partial charge in [-0.15, -0.1) is 0 Å². The molecule has 0 amide bonds. The maximum atomic E-state index is 10.2. The lowest BCUT2D eigenvalue weighted by Crippen LogP contribution is -1.98. The lowest BCUT2D eigenvalue weighted by atomic mass is 11.1. The molecule has 0 saturated heterocycles. The van der Waals surface area contributed by atoms with Crippen LogP contribution in [-0.4, -0.2) is 50.5 Å². The minimum absolute atomic E-state index is 0.410. The molecule has 0 aromatic carbocycles. The van der Waals surface area contributed by atoms with E-state index in [1.54, 1.807) is 0 Å². The molecule has 0 atom stereocenters. The van der Waals surface area contributed by atoms with Crippen LogP contribution >= 0.6 is 0 Å². The summed E-state index contributed by atoms with van der Waals surface area (Å²) in [4.78, 5) is 19.5. The van der Waals surface area contributed by atoms with Crippen molar-refractivity contribution in [1.82, 2.24) is 40.6 Å². The fourth-order valence-corrected chi connectivity index (χ4v) is 0.693. The molecular formula is C2N12O4. The minimum Gasteiger partial charge on any atom is -0.390 e. The average Bonchev–Trinajstić information content (AvgIpc) is 2.95. The van der Waals surface area contributed by atoms with Crippen LogP contribution in [-0.2, 0) is 0 Å². The van der Waals surface area contributed by atoms with Crippen molar-refractivity contribution in [2.75, 3.05) is 0 Å². The molecule has 2 aromatic rings. The third-order valence-corrected chi connectivity index (χ3v) is 1.31. The topological polar surface area (TPSA) is 198 Å². The zero-order valence-corrected chi connectivity index (χ0v) is 8.00. The molecule has 2 aromatic heterocycles. The molecule has 92 valence electrons. The molecule has 0 bridgehead atoms. The average molecular weight is 256 g/mol. The summed E-state index contributed by atoms with van der Waals surface area (Å²) < 4.78 is 0. The van der Waals surface area contributed by atoms with Gasteiger partial charge in [0.05, 0.1) is 40.6 Å². The van der Waals surface area contributed by atoms with Gasteiger partial charge in [0.1, 0.15) is 0 Å². The molecular weight excluding hydrogens is 256 g/mol. The summed E-state index contributed by atoms with van der Waals surface area (Å²) in [6, 6.07) is 0. The van der Waals surface area contributed by atoms with Crippen molar-refractivity contribution in [3.63, 3.8) is 0 Å². The van der Waals surface area contributed by atoms with Gasteiger partial charge in [0, 0.05) is 10.4 Å². The van der Waals surface area contributed by atoms with Crippen molar-refractivity contribution < 1.29 is 9.85 Å². The van der Waals surface area contributed by atoms with E-state index >= 15 is 0 Å². The van der Waals surface area contributed by atoms with E-state index in [2.05, 4.69) is 41.3 Å². The largest absolute Gasteiger partial charge is 0.516 e. The van der Waals surface area contributed by atoms with E-state index in [0.717, 1.165) is 0 Å². The molecule has 16 heteroatoms. The first-order valence-electron chi connectivity index (χ1n) is 3.87. The number of nitro groups is 2. The summed E-state index contributed by atoms with van der Waals surface area (Å²) in [5.41, 5.74) is 0. The molecule has 0 fully saturated rings. The number of nitrogens with zero attached hydrogens (tertiary/aromatic N) is 12. The molecule has 2 heterocycles. The number of aromatic nitrogens is 8. The number of rotatable bonds is 4. The fraction of sp³-hybridized carbons (Fsp3) is 0. The highest BCUT2D eigenvalue weighted by molar-refractivity contribution is 4.93. The lowest BCUT2D eigenvalue weighted by molar-refractivity contribution is -0.394. The molecule has 0 N–H and O–H groups in total. The molecule has 0 unspecified atom stereocenters. The quantitative estimate of drug-likeness (QED) is 0.339. The predicted octanol–water partition coefficient (Wildman–Crippen LogP) is -1.85. The highest BCUT2D eigenvalue weighted by Crippen LogP contribution is 1.98. The van der Waals surface area contributed by atoms with Gasteiger partial charge in [-0.25, -0.2) is 0 Å². The smallest absolute Gasteiger partial charge is 0.390 e. The van der Waals surface area contributed by atoms with Crippen LogP contribution in [0, 0.1) is 20.2 Å². The number of hydrogen-bond donors (Lipinski definition) is 0. The molecule has 0 spiro atoms. The normalized spacial score (nSPS) is 10.9. The standard InChI is InChI=1S/C2N12O4/c15-11(16)1-3-7-13(5-1)9-10-14-6-2(4-8-14)12(17)18. The van der Waals surface area contributed by atoms with Crippen LogP contribution < -0.4 is 0 Å². The molecule has 0 aliphatic carbocycles. The van der Waals surface area contributed by atoms with E-state index in [0.29, 0.717) is 9.81 Å². The zero-order valence-electron chi connectivity index (χ0n) is 8.00. The first kappa shape index (κ1) is 11.0. The van der Waals surface area contributed by atoms with Crippen LogP contribution in [0.2, 0.25) is 0 Å². The van der Waals surface area contributed by atoms with Crippen LogP contribution in [0.5, 0.6) is 0 Å². The van der Waals surface area contributed by atoms with Gasteiger partial charge >= 0.3 is 11.9 Å². The van der Waals surface area contributed by atoms with Crippen molar-refractivity contribution in [2.45, 2.75) is 0 Å². The van der Waals surface area contributed by atoms with Crippen LogP contribution in [0.25, 0.3) is 0 Å². The van der Waals surface area contributed by atoms with Gasteiger partial charge in [0.2, 0.25) is 0 Å². The van der Waals surface area contributed by atoms with Gasteiger partial charge in [-0.3, -0.25) is 0 Å². The Balaban J connectivity index is 2.13. The monoisotopic (exact) mass is 256 g/mol. The maximum absolute atomic E-state index is 10.2. The Morgan fingerprint density at radius 2 is 1.28 bits per heavy atom. The van der Waals surface area contributed by atoms with Gasteiger partial charge in [-0.1, -0.05) is 0 Å². The minimum atomic E-state index is -0.891. The van der Waals surface area contributed by atoms with Crippen molar-refractivity contribution in [2.24, 2.45) is 10.4 Å². The Hall–Kier alpha value is -3.46. The highest BCUT2D eigenvalue weighted by Gasteiger charge is 2.17. The van der Waals surface area contributed by atoms with Gasteiger partial charge in [-0.05, 0) is 9.85 Å². The molecule has 0 aliphatic heterocycles. The Morgan fingerprint density at radius 3 is 1.56 bits per heavy atom. The first-order valence-corrected chi connectivity index (χ1v) is 3.87. The lowest BCUT2D eigenvalue weighted by Gasteiger charge is -1.81. The molecule has 0 radical (unpaired) electrons. The van der Waals surface area contributed by atoms with E-state index in [9.17, 15) is 20.2 Å². The molecule has 0 aliphatic rings. The third-order valence-electron chi connectivity index (χ3n) is 1.31. The number of hydrogen-bond acceptors (Lipinski definition) is 12. The van der Waals surface area contributed by atoms with E-state index in [4.69, 9.17) is 0 Å². The van der Waals surface area contributed by atoms with Crippen LogP contribution in [0.4, 0.5) is 11.9 Å². The van der Waals surface area contributed by atoms with Crippen molar-refractivity contribution in [3.05, 3.63) is 20.2 Å². The van der Waals surface area contributed by atoms with E-state index in [1.165, 1.54) is 0 Å². The summed E-state index contributed by atoms with van der Waals surface area (Å²) in [7, 11) is 0. The summed E-state index contributed by atoms with van der Waals surface area (Å²) in [5, 5.41) is 45.5. The summed E-state index contributed by atoms with van der Waals surface area (Å²) in [6.07, 6.45) is 0. The highest BCUT2D eigenvalue weighted by atomic mass is 16.6. The van der Waals surface area contributed by atoms with E-state index < -0.39 is 21.7 Å². The Morgan fingerprint density at radius 1 is 0.889 bits per heavy atom. The summed E-state index contributed by atoms with van der Waals surface area (Å²) in [5.74, 6) is -1.57. The molecule has 18 heavy (non-hydrogen) atoms. The summed E-state index contributed by atoms with van der Waals surface area (Å²) in [6.45, 7) is 0. The van der Waals surface area contributed by atoms with Crippen LogP contribution in [0.15, 0.2) is 10.4 Å². The van der Waals surface area contributed by atoms with Crippen molar-refractivity contribution in [3.8, 4) is 0 Å². The van der Waals surface area contributed by atoms with Gasteiger partial charge < -0.3 is 20.2 Å².